The number of benzene rings is 2. The van der Waals surface area contributed by atoms with Crippen molar-refractivity contribution in [2.24, 2.45) is 16.7 Å². The summed E-state index contributed by atoms with van der Waals surface area (Å²) in [6.07, 6.45) is -1.50. The van der Waals surface area contributed by atoms with Crippen LogP contribution >= 0.6 is 0 Å². The summed E-state index contributed by atoms with van der Waals surface area (Å²) in [5, 5.41) is 40.0. The van der Waals surface area contributed by atoms with Crippen molar-refractivity contribution in [2.45, 2.75) is 6.17 Å². The van der Waals surface area contributed by atoms with Gasteiger partial charge in [0, 0.05) is 11.4 Å². The second-order valence-electron chi connectivity index (χ2n) is 6.96. The van der Waals surface area contributed by atoms with Gasteiger partial charge in [-0.3, -0.25) is 19.4 Å². The monoisotopic (exact) mass is 392 g/mol. The summed E-state index contributed by atoms with van der Waals surface area (Å²) < 4.78 is 0. The molecule has 3 aliphatic heterocycles. The molecule has 142 valence electrons. The van der Waals surface area contributed by atoms with Crippen LogP contribution < -0.4 is 9.80 Å². The Bertz CT molecular complexity index is 1130. The van der Waals surface area contributed by atoms with Gasteiger partial charge in [-0.05, 0) is 24.3 Å². The lowest BCUT2D eigenvalue weighted by Crippen LogP contribution is -2.80. The Morgan fingerprint density at radius 2 is 1.00 bits per heavy atom. The number of fused-ring (bicyclic) bond motifs is 3. The summed E-state index contributed by atoms with van der Waals surface area (Å²) >= 11 is 0. The zero-order valence-corrected chi connectivity index (χ0v) is 15.4. The average molecular weight is 392 g/mol. The molecule has 3 fully saturated rings. The topological polar surface area (TPSA) is 136 Å². The summed E-state index contributed by atoms with van der Waals surface area (Å²) in [6.45, 7) is 0. The molecule has 0 aliphatic carbocycles. The van der Waals surface area contributed by atoms with Crippen molar-refractivity contribution in [3.8, 4) is 24.3 Å². The molecular weight excluding hydrogens is 380 g/mol. The Kier molecular flexibility index (Phi) is 4.02. The second kappa shape index (κ2) is 6.45. The van der Waals surface area contributed by atoms with Crippen molar-refractivity contribution in [3.05, 3.63) is 60.7 Å². The van der Waals surface area contributed by atoms with E-state index in [2.05, 4.69) is 0 Å². The van der Waals surface area contributed by atoms with Gasteiger partial charge in [0.15, 0.2) is 17.5 Å². The smallest absolute Gasteiger partial charge is 0.244 e. The maximum absolute atomic E-state index is 13.4. The van der Waals surface area contributed by atoms with Gasteiger partial charge in [0.05, 0.1) is 24.3 Å². The van der Waals surface area contributed by atoms with Crippen molar-refractivity contribution >= 4 is 23.2 Å². The summed E-state index contributed by atoms with van der Waals surface area (Å²) in [7, 11) is 0. The lowest BCUT2D eigenvalue weighted by molar-refractivity contribution is -0.147. The van der Waals surface area contributed by atoms with Gasteiger partial charge in [-0.15, -0.1) is 0 Å². The van der Waals surface area contributed by atoms with Crippen molar-refractivity contribution in [1.29, 1.82) is 21.0 Å². The molecule has 8 nitrogen and oxygen atoms in total. The number of nitrogens with zero attached hydrogens (tertiary/aromatic N) is 6. The normalized spacial score (nSPS) is 23.1. The van der Waals surface area contributed by atoms with Crippen molar-refractivity contribution in [2.75, 3.05) is 9.80 Å². The second-order valence-corrected chi connectivity index (χ2v) is 6.96. The third-order valence-electron chi connectivity index (χ3n) is 5.67. The Morgan fingerprint density at radius 1 is 0.633 bits per heavy atom. The molecule has 2 aromatic rings. The van der Waals surface area contributed by atoms with Crippen LogP contribution in [0.2, 0.25) is 0 Å². The minimum atomic E-state index is -2.44. The van der Waals surface area contributed by atoms with Gasteiger partial charge in [-0.25, -0.2) is 0 Å². The van der Waals surface area contributed by atoms with Gasteiger partial charge in [-0.1, -0.05) is 36.4 Å². The van der Waals surface area contributed by atoms with E-state index in [9.17, 15) is 30.6 Å². The van der Waals surface area contributed by atoms with Crippen LogP contribution in [-0.2, 0) is 9.59 Å². The molecule has 2 amide bonds. The molecule has 2 aromatic carbocycles. The van der Waals surface area contributed by atoms with Gasteiger partial charge in [0.25, 0.3) is 0 Å². The Hall–Kier alpha value is -4.66. The number of anilines is 2. The molecule has 5 rings (SSSR count). The SMILES string of the molecule is N#CC1(C#N)C2C(=O)N(c3ccccc3)C(N(c3ccccc3)C2=O)C1(C#N)C#N. The summed E-state index contributed by atoms with van der Waals surface area (Å²) in [5.41, 5.74) is -4.03. The number of carbonyl (C=O) groups excluding carboxylic acids is 2. The predicted molar refractivity (Wildman–Crippen MR) is 102 cm³/mol. The highest BCUT2D eigenvalue weighted by atomic mass is 16.2. The minimum Gasteiger partial charge on any atom is -0.287 e. The van der Waals surface area contributed by atoms with E-state index in [-0.39, 0.29) is 0 Å². The Balaban J connectivity index is 2.10. The number of amides is 2. The molecule has 3 aliphatic rings. The molecule has 0 aromatic heterocycles. The number of hydrogen-bond donors (Lipinski definition) is 0. The number of rotatable bonds is 2. The fourth-order valence-electron chi connectivity index (χ4n) is 4.29. The van der Waals surface area contributed by atoms with Crippen LogP contribution in [0.4, 0.5) is 11.4 Å². The summed E-state index contributed by atoms with van der Waals surface area (Å²) in [5.74, 6) is -3.39. The van der Waals surface area contributed by atoms with Gasteiger partial charge in [0.2, 0.25) is 17.2 Å². The predicted octanol–water partition coefficient (Wildman–Crippen LogP) is 2.09. The van der Waals surface area contributed by atoms with Crippen molar-refractivity contribution < 1.29 is 9.59 Å². The zero-order chi connectivity index (χ0) is 21.5. The van der Waals surface area contributed by atoms with Gasteiger partial charge in [-0.2, -0.15) is 21.0 Å². The number of hydrogen-bond acceptors (Lipinski definition) is 6. The van der Waals surface area contributed by atoms with E-state index in [4.69, 9.17) is 0 Å². The molecule has 3 heterocycles. The number of carbonyl (C=O) groups is 2. The largest absolute Gasteiger partial charge is 0.287 e. The molecule has 3 saturated heterocycles. The quantitative estimate of drug-likeness (QED) is 0.718. The van der Waals surface area contributed by atoms with E-state index in [0.717, 1.165) is 0 Å². The first kappa shape index (κ1) is 18.7. The van der Waals surface area contributed by atoms with Gasteiger partial charge >= 0.3 is 0 Å². The fourth-order valence-corrected chi connectivity index (χ4v) is 4.29. The van der Waals surface area contributed by atoms with E-state index in [0.29, 0.717) is 11.4 Å². The standard InChI is InChI=1S/C22H12N6O2/c23-11-21(12-24)17-18(29)27(15-7-3-1-4-8-15)20(22(21,13-25)14-26)28(19(17)30)16-9-5-2-6-10-16/h1-10,17,20H. The van der Waals surface area contributed by atoms with Crippen LogP contribution in [0.15, 0.2) is 60.7 Å². The zero-order valence-electron chi connectivity index (χ0n) is 15.4. The van der Waals surface area contributed by atoms with Crippen LogP contribution in [-0.4, -0.2) is 18.0 Å². The molecule has 0 N–H and O–H groups in total. The Labute approximate surface area is 172 Å². The maximum atomic E-state index is 13.4. The number of piperidine rings is 2. The van der Waals surface area contributed by atoms with Gasteiger partial charge in [0.1, 0.15) is 0 Å². The maximum Gasteiger partial charge on any atom is 0.244 e. The third kappa shape index (κ3) is 2.00. The summed E-state index contributed by atoms with van der Waals surface area (Å²) in [4.78, 5) is 29.1. The molecule has 30 heavy (non-hydrogen) atoms. The molecule has 0 radical (unpaired) electrons. The van der Waals surface area contributed by atoms with Crippen LogP contribution in [0.3, 0.4) is 0 Å². The van der Waals surface area contributed by atoms with Gasteiger partial charge < -0.3 is 0 Å². The highest BCUT2D eigenvalue weighted by Gasteiger charge is 2.78. The van der Waals surface area contributed by atoms with Crippen molar-refractivity contribution in [1.82, 2.24) is 0 Å². The summed E-state index contributed by atoms with van der Waals surface area (Å²) in [6, 6.07) is 23.6. The highest BCUT2D eigenvalue weighted by Crippen LogP contribution is 2.58. The molecule has 0 unspecified atom stereocenters. The first-order valence-corrected chi connectivity index (χ1v) is 8.94. The first-order valence-electron chi connectivity index (χ1n) is 8.94. The minimum absolute atomic E-state index is 0.352. The lowest BCUT2D eigenvalue weighted by Gasteiger charge is -2.59. The first-order chi connectivity index (χ1) is 14.5. The lowest BCUT2D eigenvalue weighted by atomic mass is 9.52. The fraction of sp³-hybridized carbons (Fsp3) is 0.182. The van der Waals surface area contributed by atoms with Crippen LogP contribution in [0.1, 0.15) is 0 Å². The third-order valence-corrected chi connectivity index (χ3v) is 5.67. The average Bonchev–Trinajstić information content (AvgIpc) is 2.80. The Morgan fingerprint density at radius 3 is 1.33 bits per heavy atom. The molecule has 8 heteroatoms. The molecule has 0 saturated carbocycles. The van der Waals surface area contributed by atoms with E-state index in [1.54, 1.807) is 72.8 Å². The number of para-hydroxylation sites is 2. The van der Waals surface area contributed by atoms with E-state index in [1.807, 2.05) is 12.1 Å². The highest BCUT2D eigenvalue weighted by molar-refractivity contribution is 6.20. The van der Waals surface area contributed by atoms with E-state index >= 15 is 0 Å². The van der Waals surface area contributed by atoms with Crippen LogP contribution in [0, 0.1) is 62.1 Å². The van der Waals surface area contributed by atoms with E-state index in [1.165, 1.54) is 9.80 Å². The van der Waals surface area contributed by atoms with Crippen molar-refractivity contribution in [3.63, 3.8) is 0 Å². The molecule has 2 bridgehead atoms. The van der Waals surface area contributed by atoms with E-state index < -0.39 is 34.7 Å². The van der Waals surface area contributed by atoms with Crippen LogP contribution in [0.25, 0.3) is 0 Å². The molecule has 0 spiro atoms. The molecule has 0 atom stereocenters. The number of nitriles is 4. The molecular formula is C22H12N6O2. The van der Waals surface area contributed by atoms with Crippen LogP contribution in [0.5, 0.6) is 0 Å².